The minimum Gasteiger partial charge on any atom is -0.338 e. The molecule has 0 radical (unpaired) electrons. The molecule has 0 bridgehead atoms. The molecule has 4 nitrogen and oxygen atoms in total. The lowest BCUT2D eigenvalue weighted by Gasteiger charge is -2.37. The standard InChI is InChI=1S/C22H24N2O2/c25-21(18-9-2-1-3-10-18)23-14-6-12-19(16-23)22(26)24-15-7-11-17-8-4-5-13-20(17)24/h1-5,8-10,13,19H,6-7,11-12,14-16H2. The van der Waals surface area contributed by atoms with E-state index < -0.39 is 0 Å². The van der Waals surface area contributed by atoms with E-state index >= 15 is 0 Å². The Balaban J connectivity index is 1.50. The largest absolute Gasteiger partial charge is 0.338 e. The molecule has 2 aromatic rings. The second-order valence-corrected chi connectivity index (χ2v) is 7.18. The Kier molecular flexibility index (Phi) is 4.74. The van der Waals surface area contributed by atoms with E-state index in [-0.39, 0.29) is 17.7 Å². The van der Waals surface area contributed by atoms with E-state index in [0.29, 0.717) is 12.1 Å². The summed E-state index contributed by atoms with van der Waals surface area (Å²) >= 11 is 0. The number of amides is 2. The Hall–Kier alpha value is -2.62. The summed E-state index contributed by atoms with van der Waals surface area (Å²) in [5, 5.41) is 0. The fourth-order valence-corrected chi connectivity index (χ4v) is 4.11. The molecule has 4 heteroatoms. The van der Waals surface area contributed by atoms with Crippen LogP contribution in [-0.2, 0) is 11.2 Å². The van der Waals surface area contributed by atoms with Gasteiger partial charge in [0.1, 0.15) is 0 Å². The first-order chi connectivity index (χ1) is 12.7. The Morgan fingerprint density at radius 2 is 1.65 bits per heavy atom. The van der Waals surface area contributed by atoms with Gasteiger partial charge in [0, 0.05) is 30.9 Å². The summed E-state index contributed by atoms with van der Waals surface area (Å²) in [6.45, 7) is 2.03. The second kappa shape index (κ2) is 7.32. The summed E-state index contributed by atoms with van der Waals surface area (Å²) in [5.74, 6) is 0.0902. The number of nitrogens with zero attached hydrogens (tertiary/aromatic N) is 2. The second-order valence-electron chi connectivity index (χ2n) is 7.18. The van der Waals surface area contributed by atoms with Crippen LogP contribution < -0.4 is 4.90 Å². The van der Waals surface area contributed by atoms with E-state index in [9.17, 15) is 9.59 Å². The maximum atomic E-state index is 13.2. The summed E-state index contributed by atoms with van der Waals surface area (Å²) in [4.78, 5) is 29.7. The number of para-hydroxylation sites is 1. The van der Waals surface area contributed by atoms with Crippen LogP contribution in [-0.4, -0.2) is 36.3 Å². The molecule has 0 aromatic heterocycles. The molecule has 2 aromatic carbocycles. The van der Waals surface area contributed by atoms with Gasteiger partial charge in [-0.05, 0) is 49.4 Å². The third kappa shape index (κ3) is 3.24. The molecule has 4 rings (SSSR count). The number of carbonyl (C=O) groups is 2. The summed E-state index contributed by atoms with van der Waals surface area (Å²) in [6.07, 6.45) is 3.77. The van der Waals surface area contributed by atoms with Crippen LogP contribution in [0, 0.1) is 5.92 Å². The van der Waals surface area contributed by atoms with Crippen LogP contribution in [0.4, 0.5) is 5.69 Å². The van der Waals surface area contributed by atoms with E-state index in [1.165, 1.54) is 5.56 Å². The summed E-state index contributed by atoms with van der Waals surface area (Å²) in [7, 11) is 0. The number of hydrogen-bond donors (Lipinski definition) is 0. The number of piperidine rings is 1. The first-order valence-electron chi connectivity index (χ1n) is 9.47. The smallest absolute Gasteiger partial charge is 0.253 e. The van der Waals surface area contributed by atoms with Crippen molar-refractivity contribution in [2.45, 2.75) is 25.7 Å². The van der Waals surface area contributed by atoms with Crippen molar-refractivity contribution in [1.29, 1.82) is 0 Å². The van der Waals surface area contributed by atoms with Gasteiger partial charge < -0.3 is 9.80 Å². The molecular weight excluding hydrogens is 324 g/mol. The fourth-order valence-electron chi connectivity index (χ4n) is 4.11. The number of benzene rings is 2. The van der Waals surface area contributed by atoms with Crippen LogP contribution in [0.2, 0.25) is 0 Å². The van der Waals surface area contributed by atoms with Gasteiger partial charge in [-0.3, -0.25) is 9.59 Å². The number of likely N-dealkylation sites (tertiary alicyclic amines) is 1. The zero-order chi connectivity index (χ0) is 17.9. The molecule has 0 aliphatic carbocycles. The van der Waals surface area contributed by atoms with E-state index in [1.807, 2.05) is 58.3 Å². The highest BCUT2D eigenvalue weighted by Crippen LogP contribution is 2.30. The normalized spacial score (nSPS) is 19.8. The highest BCUT2D eigenvalue weighted by atomic mass is 16.2. The molecule has 2 aliphatic rings. The summed E-state index contributed by atoms with van der Waals surface area (Å²) < 4.78 is 0. The lowest BCUT2D eigenvalue weighted by atomic mass is 9.93. The van der Waals surface area contributed by atoms with Crippen molar-refractivity contribution in [3.05, 3.63) is 65.7 Å². The number of hydrogen-bond acceptors (Lipinski definition) is 2. The van der Waals surface area contributed by atoms with Crippen molar-refractivity contribution in [3.8, 4) is 0 Å². The molecule has 0 spiro atoms. The van der Waals surface area contributed by atoms with Crippen LogP contribution >= 0.6 is 0 Å². The third-order valence-corrected chi connectivity index (χ3v) is 5.45. The van der Waals surface area contributed by atoms with Crippen molar-refractivity contribution in [1.82, 2.24) is 4.90 Å². The van der Waals surface area contributed by atoms with Gasteiger partial charge in [0.2, 0.25) is 5.91 Å². The van der Waals surface area contributed by atoms with Gasteiger partial charge in [0.15, 0.2) is 0 Å². The van der Waals surface area contributed by atoms with Crippen LogP contribution in [0.1, 0.15) is 35.2 Å². The van der Waals surface area contributed by atoms with Crippen LogP contribution in [0.5, 0.6) is 0 Å². The highest BCUT2D eigenvalue weighted by molar-refractivity contribution is 5.98. The Labute approximate surface area is 154 Å². The maximum Gasteiger partial charge on any atom is 0.253 e. The average Bonchev–Trinajstić information content (AvgIpc) is 2.73. The van der Waals surface area contributed by atoms with Gasteiger partial charge >= 0.3 is 0 Å². The maximum absolute atomic E-state index is 13.2. The van der Waals surface area contributed by atoms with Crippen LogP contribution in [0.3, 0.4) is 0 Å². The molecule has 134 valence electrons. The molecule has 1 atom stereocenters. The Morgan fingerprint density at radius 3 is 2.50 bits per heavy atom. The van der Waals surface area contributed by atoms with Crippen molar-refractivity contribution < 1.29 is 9.59 Å². The van der Waals surface area contributed by atoms with Gasteiger partial charge in [0.05, 0.1) is 5.92 Å². The zero-order valence-electron chi connectivity index (χ0n) is 14.9. The minimum absolute atomic E-state index is 0.0298. The predicted molar refractivity (Wildman–Crippen MR) is 102 cm³/mol. The number of aryl methyl sites for hydroxylation is 1. The zero-order valence-corrected chi connectivity index (χ0v) is 14.9. The minimum atomic E-state index is -0.109. The lowest BCUT2D eigenvalue weighted by Crippen LogP contribution is -2.48. The van der Waals surface area contributed by atoms with Gasteiger partial charge in [-0.15, -0.1) is 0 Å². The van der Waals surface area contributed by atoms with Crippen molar-refractivity contribution in [2.75, 3.05) is 24.5 Å². The predicted octanol–water partition coefficient (Wildman–Crippen LogP) is 3.52. The van der Waals surface area contributed by atoms with Crippen molar-refractivity contribution in [3.63, 3.8) is 0 Å². The Bertz CT molecular complexity index is 803. The highest BCUT2D eigenvalue weighted by Gasteiger charge is 2.33. The summed E-state index contributed by atoms with van der Waals surface area (Å²) in [6, 6.07) is 17.5. The average molecular weight is 348 g/mol. The topological polar surface area (TPSA) is 40.6 Å². The monoisotopic (exact) mass is 348 g/mol. The molecular formula is C22H24N2O2. The first kappa shape index (κ1) is 16.8. The summed E-state index contributed by atoms with van der Waals surface area (Å²) in [5.41, 5.74) is 3.00. The fraction of sp³-hybridized carbons (Fsp3) is 0.364. The van der Waals surface area contributed by atoms with Crippen LogP contribution in [0.15, 0.2) is 54.6 Å². The first-order valence-corrected chi connectivity index (χ1v) is 9.47. The van der Waals surface area contributed by atoms with E-state index in [0.717, 1.165) is 44.5 Å². The molecule has 0 saturated carbocycles. The van der Waals surface area contributed by atoms with Crippen LogP contribution in [0.25, 0.3) is 0 Å². The van der Waals surface area contributed by atoms with Crippen molar-refractivity contribution in [2.24, 2.45) is 5.92 Å². The molecule has 1 saturated heterocycles. The molecule has 1 unspecified atom stereocenters. The quantitative estimate of drug-likeness (QED) is 0.833. The molecule has 0 N–H and O–H groups in total. The van der Waals surface area contributed by atoms with E-state index in [1.54, 1.807) is 0 Å². The third-order valence-electron chi connectivity index (χ3n) is 5.45. The molecule has 1 fully saturated rings. The van der Waals surface area contributed by atoms with Crippen molar-refractivity contribution >= 4 is 17.5 Å². The number of carbonyl (C=O) groups excluding carboxylic acids is 2. The molecule has 2 amide bonds. The van der Waals surface area contributed by atoms with E-state index in [4.69, 9.17) is 0 Å². The molecule has 2 aliphatic heterocycles. The number of rotatable bonds is 2. The van der Waals surface area contributed by atoms with Gasteiger partial charge in [0.25, 0.3) is 5.91 Å². The SMILES string of the molecule is O=C(c1ccccc1)N1CCCC(C(=O)N2CCCc3ccccc32)C1. The lowest BCUT2D eigenvalue weighted by molar-refractivity contribution is -0.123. The molecule has 26 heavy (non-hydrogen) atoms. The number of anilines is 1. The van der Waals surface area contributed by atoms with E-state index in [2.05, 4.69) is 6.07 Å². The molecule has 2 heterocycles. The number of fused-ring (bicyclic) bond motifs is 1. The van der Waals surface area contributed by atoms with Gasteiger partial charge in [-0.2, -0.15) is 0 Å². The van der Waals surface area contributed by atoms with Gasteiger partial charge in [-0.25, -0.2) is 0 Å². The van der Waals surface area contributed by atoms with Gasteiger partial charge in [-0.1, -0.05) is 36.4 Å². The Morgan fingerprint density at radius 1 is 0.885 bits per heavy atom.